The van der Waals surface area contributed by atoms with Gasteiger partial charge >= 0.3 is 0 Å². The summed E-state index contributed by atoms with van der Waals surface area (Å²) >= 11 is 1.59. The molecule has 3 nitrogen and oxygen atoms in total. The lowest BCUT2D eigenvalue weighted by atomic mass is 10.2. The van der Waals surface area contributed by atoms with E-state index in [4.69, 9.17) is 5.73 Å². The molecule has 0 aliphatic rings. The SMILES string of the molecule is CCN(CC)C(=O)C(C)Sc1cccc(CN)c1. The van der Waals surface area contributed by atoms with E-state index < -0.39 is 0 Å². The molecule has 1 rings (SSSR count). The molecule has 18 heavy (non-hydrogen) atoms. The van der Waals surface area contributed by atoms with E-state index in [-0.39, 0.29) is 11.2 Å². The van der Waals surface area contributed by atoms with Crippen LogP contribution in [0.2, 0.25) is 0 Å². The third kappa shape index (κ3) is 4.03. The van der Waals surface area contributed by atoms with Crippen LogP contribution in [0.25, 0.3) is 0 Å². The van der Waals surface area contributed by atoms with Gasteiger partial charge < -0.3 is 10.6 Å². The van der Waals surface area contributed by atoms with E-state index in [1.165, 1.54) is 0 Å². The summed E-state index contributed by atoms with van der Waals surface area (Å²) in [6, 6.07) is 8.06. The van der Waals surface area contributed by atoms with Gasteiger partial charge in [0.2, 0.25) is 5.91 Å². The average molecular weight is 266 g/mol. The number of amides is 1. The fourth-order valence-corrected chi connectivity index (χ4v) is 2.83. The quantitative estimate of drug-likeness (QED) is 0.805. The fourth-order valence-electron chi connectivity index (χ4n) is 1.79. The molecule has 0 aliphatic heterocycles. The Balaban J connectivity index is 2.68. The molecule has 1 aromatic rings. The molecule has 4 heteroatoms. The first-order valence-electron chi connectivity index (χ1n) is 6.36. The summed E-state index contributed by atoms with van der Waals surface area (Å²) in [4.78, 5) is 15.1. The minimum atomic E-state index is -0.0575. The highest BCUT2D eigenvalue weighted by atomic mass is 32.2. The van der Waals surface area contributed by atoms with Crippen LogP contribution in [0, 0.1) is 0 Å². The lowest BCUT2D eigenvalue weighted by molar-refractivity contribution is -0.129. The van der Waals surface area contributed by atoms with Crippen molar-refractivity contribution in [3.8, 4) is 0 Å². The van der Waals surface area contributed by atoms with Gasteiger partial charge in [0, 0.05) is 24.5 Å². The fraction of sp³-hybridized carbons (Fsp3) is 0.500. The minimum Gasteiger partial charge on any atom is -0.342 e. The van der Waals surface area contributed by atoms with Crippen LogP contribution >= 0.6 is 11.8 Å². The van der Waals surface area contributed by atoms with Crippen molar-refractivity contribution in [2.75, 3.05) is 13.1 Å². The Hall–Kier alpha value is -1.00. The minimum absolute atomic E-state index is 0.0575. The van der Waals surface area contributed by atoms with Gasteiger partial charge in [-0.1, -0.05) is 12.1 Å². The molecule has 1 amide bonds. The second-order valence-electron chi connectivity index (χ2n) is 4.12. The van der Waals surface area contributed by atoms with E-state index in [0.717, 1.165) is 23.5 Å². The second-order valence-corrected chi connectivity index (χ2v) is 5.54. The number of hydrogen-bond acceptors (Lipinski definition) is 3. The van der Waals surface area contributed by atoms with Crippen LogP contribution < -0.4 is 5.73 Å². The van der Waals surface area contributed by atoms with E-state index in [1.807, 2.05) is 43.9 Å². The highest BCUT2D eigenvalue weighted by molar-refractivity contribution is 8.00. The lowest BCUT2D eigenvalue weighted by Crippen LogP contribution is -2.36. The Labute approximate surface area is 114 Å². The van der Waals surface area contributed by atoms with E-state index >= 15 is 0 Å². The van der Waals surface area contributed by atoms with Crippen LogP contribution in [0.15, 0.2) is 29.2 Å². The Morgan fingerprint density at radius 3 is 2.61 bits per heavy atom. The van der Waals surface area contributed by atoms with Crippen LogP contribution in [0.1, 0.15) is 26.3 Å². The maximum atomic E-state index is 12.1. The number of rotatable bonds is 6. The summed E-state index contributed by atoms with van der Waals surface area (Å²) in [5, 5.41) is -0.0575. The first-order chi connectivity index (χ1) is 8.62. The zero-order valence-corrected chi connectivity index (χ0v) is 12.2. The van der Waals surface area contributed by atoms with Gasteiger partial charge in [0.25, 0.3) is 0 Å². The highest BCUT2D eigenvalue weighted by Gasteiger charge is 2.19. The summed E-state index contributed by atoms with van der Waals surface area (Å²) < 4.78 is 0. The summed E-state index contributed by atoms with van der Waals surface area (Å²) in [5.74, 6) is 0.197. The number of nitrogens with zero attached hydrogens (tertiary/aromatic N) is 1. The Morgan fingerprint density at radius 2 is 2.06 bits per heavy atom. The van der Waals surface area contributed by atoms with E-state index in [1.54, 1.807) is 11.8 Å². The van der Waals surface area contributed by atoms with E-state index in [0.29, 0.717) is 6.54 Å². The molecule has 0 radical (unpaired) electrons. The molecule has 0 aromatic heterocycles. The molecule has 0 bridgehead atoms. The van der Waals surface area contributed by atoms with Gasteiger partial charge in [-0.25, -0.2) is 0 Å². The molecular formula is C14H22N2OS. The summed E-state index contributed by atoms with van der Waals surface area (Å²) in [6.07, 6.45) is 0. The molecule has 2 N–H and O–H groups in total. The van der Waals surface area contributed by atoms with E-state index in [2.05, 4.69) is 6.07 Å². The molecule has 100 valence electrons. The molecule has 0 saturated heterocycles. The summed E-state index contributed by atoms with van der Waals surface area (Å²) in [7, 11) is 0. The molecule has 1 unspecified atom stereocenters. The van der Waals surface area contributed by atoms with Crippen LogP contribution in [-0.2, 0) is 11.3 Å². The molecule has 1 aromatic carbocycles. The number of carbonyl (C=O) groups is 1. The standard InChI is InChI=1S/C14H22N2OS/c1-4-16(5-2)14(17)11(3)18-13-8-6-7-12(9-13)10-15/h6-9,11H,4-5,10,15H2,1-3H3. The molecule has 0 aliphatic carbocycles. The van der Waals surface area contributed by atoms with Crippen molar-refractivity contribution >= 4 is 17.7 Å². The van der Waals surface area contributed by atoms with Gasteiger partial charge in [0.1, 0.15) is 0 Å². The molecule has 1 atom stereocenters. The average Bonchev–Trinajstić information content (AvgIpc) is 2.40. The van der Waals surface area contributed by atoms with Gasteiger partial charge in [0.05, 0.1) is 5.25 Å². The maximum Gasteiger partial charge on any atom is 0.235 e. The normalized spacial score (nSPS) is 12.2. The number of nitrogens with two attached hydrogens (primary N) is 1. The smallest absolute Gasteiger partial charge is 0.235 e. The summed E-state index contributed by atoms with van der Waals surface area (Å²) in [6.45, 7) is 8.04. The van der Waals surface area contributed by atoms with Crippen molar-refractivity contribution in [2.45, 2.75) is 37.5 Å². The lowest BCUT2D eigenvalue weighted by Gasteiger charge is -2.22. The Bertz CT molecular complexity index is 391. The van der Waals surface area contributed by atoms with Gasteiger partial charge in [-0.3, -0.25) is 4.79 Å². The predicted molar refractivity (Wildman–Crippen MR) is 77.6 cm³/mol. The highest BCUT2D eigenvalue weighted by Crippen LogP contribution is 2.25. The maximum absolute atomic E-state index is 12.1. The van der Waals surface area contributed by atoms with Crippen LogP contribution in [0.4, 0.5) is 0 Å². The first-order valence-corrected chi connectivity index (χ1v) is 7.24. The third-order valence-corrected chi connectivity index (χ3v) is 3.95. The van der Waals surface area contributed by atoms with Gasteiger partial charge in [-0.05, 0) is 38.5 Å². The number of thioether (sulfide) groups is 1. The van der Waals surface area contributed by atoms with Crippen LogP contribution in [-0.4, -0.2) is 29.1 Å². The number of benzene rings is 1. The topological polar surface area (TPSA) is 46.3 Å². The molecular weight excluding hydrogens is 244 g/mol. The zero-order valence-electron chi connectivity index (χ0n) is 11.3. The predicted octanol–water partition coefficient (Wildman–Crippen LogP) is 2.49. The van der Waals surface area contributed by atoms with Crippen molar-refractivity contribution < 1.29 is 4.79 Å². The monoisotopic (exact) mass is 266 g/mol. The van der Waals surface area contributed by atoms with Crippen molar-refractivity contribution in [1.29, 1.82) is 0 Å². The third-order valence-electron chi connectivity index (χ3n) is 2.87. The van der Waals surface area contributed by atoms with Crippen molar-refractivity contribution in [1.82, 2.24) is 4.90 Å². The van der Waals surface area contributed by atoms with Crippen molar-refractivity contribution in [3.05, 3.63) is 29.8 Å². The number of hydrogen-bond donors (Lipinski definition) is 1. The van der Waals surface area contributed by atoms with Gasteiger partial charge in [0.15, 0.2) is 0 Å². The second kappa shape index (κ2) is 7.44. The first kappa shape index (κ1) is 15.1. The van der Waals surface area contributed by atoms with Crippen molar-refractivity contribution in [3.63, 3.8) is 0 Å². The Morgan fingerprint density at radius 1 is 1.39 bits per heavy atom. The van der Waals surface area contributed by atoms with Crippen LogP contribution in [0.3, 0.4) is 0 Å². The molecule has 0 fully saturated rings. The van der Waals surface area contributed by atoms with Crippen LogP contribution in [0.5, 0.6) is 0 Å². The summed E-state index contributed by atoms with van der Waals surface area (Å²) in [5.41, 5.74) is 6.72. The van der Waals surface area contributed by atoms with Gasteiger partial charge in [-0.2, -0.15) is 0 Å². The Kier molecular flexibility index (Phi) is 6.22. The largest absolute Gasteiger partial charge is 0.342 e. The zero-order chi connectivity index (χ0) is 13.5. The number of carbonyl (C=O) groups excluding carboxylic acids is 1. The molecule has 0 spiro atoms. The van der Waals surface area contributed by atoms with Crippen molar-refractivity contribution in [2.24, 2.45) is 5.73 Å². The molecule has 0 heterocycles. The van der Waals surface area contributed by atoms with Gasteiger partial charge in [-0.15, -0.1) is 11.8 Å². The molecule has 0 saturated carbocycles. The van der Waals surface area contributed by atoms with E-state index in [9.17, 15) is 4.79 Å².